The van der Waals surface area contributed by atoms with E-state index < -0.39 is 0 Å². The molecule has 1 fully saturated rings. The number of piperazine rings is 1. The molecule has 0 unspecified atom stereocenters. The number of hydrogen-bond donors (Lipinski definition) is 0. The Morgan fingerprint density at radius 1 is 0.875 bits per heavy atom. The van der Waals surface area contributed by atoms with Gasteiger partial charge in [0.1, 0.15) is 11.4 Å². The lowest BCUT2D eigenvalue weighted by molar-refractivity contribution is -0.138. The fraction of sp³-hybridized carbons (Fsp3) is 0.333. The van der Waals surface area contributed by atoms with Gasteiger partial charge in [-0.15, -0.1) is 0 Å². The standard InChI is InChI=1S/C24H26ClN3O4/c1-31-16-15-28-23(29)21(17-7-9-18(25)10-8-17)22(24(28)30)27-13-11-26(12-14-27)19-5-3-4-6-20(19)32-2/h3-10H,11-16H2,1-2H3. The fourth-order valence-corrected chi connectivity index (χ4v) is 4.31. The number of benzene rings is 2. The predicted molar refractivity (Wildman–Crippen MR) is 124 cm³/mol. The van der Waals surface area contributed by atoms with E-state index in [1.54, 1.807) is 38.5 Å². The molecule has 0 aliphatic carbocycles. The molecule has 0 saturated carbocycles. The van der Waals surface area contributed by atoms with Crippen LogP contribution < -0.4 is 9.64 Å². The van der Waals surface area contributed by atoms with Gasteiger partial charge in [-0.2, -0.15) is 0 Å². The van der Waals surface area contributed by atoms with E-state index in [0.717, 1.165) is 11.4 Å². The van der Waals surface area contributed by atoms with Crippen molar-refractivity contribution < 1.29 is 19.1 Å². The van der Waals surface area contributed by atoms with Crippen molar-refractivity contribution in [1.82, 2.24) is 9.80 Å². The molecule has 2 aromatic carbocycles. The topological polar surface area (TPSA) is 62.3 Å². The second-order valence-corrected chi connectivity index (χ2v) is 8.07. The van der Waals surface area contributed by atoms with Crippen molar-refractivity contribution in [2.75, 3.05) is 58.5 Å². The Morgan fingerprint density at radius 3 is 2.19 bits per heavy atom. The Bertz CT molecular complexity index is 1030. The van der Waals surface area contributed by atoms with Crippen LogP contribution in [0.3, 0.4) is 0 Å². The van der Waals surface area contributed by atoms with Gasteiger partial charge < -0.3 is 19.3 Å². The van der Waals surface area contributed by atoms with Crippen molar-refractivity contribution in [3.8, 4) is 5.75 Å². The Hall–Kier alpha value is -3.03. The Kier molecular flexibility index (Phi) is 6.67. The van der Waals surface area contributed by atoms with E-state index in [1.165, 1.54) is 4.90 Å². The molecule has 0 aromatic heterocycles. The molecule has 2 amide bonds. The third kappa shape index (κ3) is 4.18. The van der Waals surface area contributed by atoms with Crippen LogP contribution >= 0.6 is 11.6 Å². The molecule has 0 spiro atoms. The van der Waals surface area contributed by atoms with Crippen LogP contribution in [-0.2, 0) is 14.3 Å². The van der Waals surface area contributed by atoms with Crippen molar-refractivity contribution in [2.45, 2.75) is 0 Å². The summed E-state index contributed by atoms with van der Waals surface area (Å²) in [7, 11) is 3.21. The first-order valence-electron chi connectivity index (χ1n) is 10.5. The highest BCUT2D eigenvalue weighted by Crippen LogP contribution is 2.34. The molecule has 2 aliphatic rings. The van der Waals surface area contributed by atoms with Crippen molar-refractivity contribution in [2.24, 2.45) is 0 Å². The van der Waals surface area contributed by atoms with Crippen LogP contribution in [0.1, 0.15) is 5.56 Å². The second-order valence-electron chi connectivity index (χ2n) is 7.63. The average molecular weight is 456 g/mol. The summed E-state index contributed by atoms with van der Waals surface area (Å²) in [5.74, 6) is 0.249. The van der Waals surface area contributed by atoms with Gasteiger partial charge in [-0.1, -0.05) is 35.9 Å². The summed E-state index contributed by atoms with van der Waals surface area (Å²) >= 11 is 6.04. The highest BCUT2D eigenvalue weighted by molar-refractivity contribution is 6.36. The van der Waals surface area contributed by atoms with Crippen LogP contribution in [0.5, 0.6) is 5.75 Å². The first-order valence-corrected chi connectivity index (χ1v) is 10.9. The zero-order valence-electron chi connectivity index (χ0n) is 18.2. The number of halogens is 1. The Balaban J connectivity index is 1.62. The summed E-state index contributed by atoms with van der Waals surface area (Å²) in [6.45, 7) is 3.15. The van der Waals surface area contributed by atoms with E-state index in [9.17, 15) is 9.59 Å². The lowest BCUT2D eigenvalue weighted by Gasteiger charge is -2.38. The minimum absolute atomic E-state index is 0.218. The molecule has 0 radical (unpaired) electrons. The normalized spacial score (nSPS) is 16.9. The quantitative estimate of drug-likeness (QED) is 0.598. The number of amides is 2. The van der Waals surface area contributed by atoms with Crippen LogP contribution in [0.15, 0.2) is 54.2 Å². The van der Waals surface area contributed by atoms with E-state index in [4.69, 9.17) is 21.1 Å². The highest BCUT2D eigenvalue weighted by atomic mass is 35.5. The van der Waals surface area contributed by atoms with Crippen molar-refractivity contribution in [3.05, 3.63) is 64.8 Å². The van der Waals surface area contributed by atoms with Gasteiger partial charge in [-0.25, -0.2) is 0 Å². The molecule has 2 heterocycles. The summed E-state index contributed by atoms with van der Waals surface area (Å²) < 4.78 is 10.6. The minimum Gasteiger partial charge on any atom is -0.495 e. The second kappa shape index (κ2) is 9.63. The van der Waals surface area contributed by atoms with E-state index in [1.807, 2.05) is 29.2 Å². The fourth-order valence-electron chi connectivity index (χ4n) is 4.18. The largest absolute Gasteiger partial charge is 0.495 e. The summed E-state index contributed by atoms with van der Waals surface area (Å²) in [6.07, 6.45) is 0. The molecule has 1 saturated heterocycles. The third-order valence-corrected chi connectivity index (χ3v) is 6.07. The van der Waals surface area contributed by atoms with E-state index in [2.05, 4.69) is 4.90 Å². The van der Waals surface area contributed by atoms with Gasteiger partial charge >= 0.3 is 0 Å². The van der Waals surface area contributed by atoms with Gasteiger partial charge in [0.2, 0.25) is 0 Å². The van der Waals surface area contributed by atoms with Gasteiger partial charge in [0.15, 0.2) is 0 Å². The zero-order valence-corrected chi connectivity index (χ0v) is 19.0. The van der Waals surface area contributed by atoms with Gasteiger partial charge in [0, 0.05) is 38.3 Å². The van der Waals surface area contributed by atoms with Crippen LogP contribution in [0.4, 0.5) is 5.69 Å². The zero-order chi connectivity index (χ0) is 22.7. The molecule has 0 N–H and O–H groups in total. The van der Waals surface area contributed by atoms with Crippen LogP contribution in [-0.4, -0.2) is 75.2 Å². The molecular weight excluding hydrogens is 430 g/mol. The van der Waals surface area contributed by atoms with E-state index in [0.29, 0.717) is 54.6 Å². The maximum atomic E-state index is 13.3. The molecular formula is C24H26ClN3O4. The summed E-state index contributed by atoms with van der Waals surface area (Å²) in [6, 6.07) is 14.9. The first kappa shape index (κ1) is 22.2. The van der Waals surface area contributed by atoms with Gasteiger partial charge in [0.25, 0.3) is 11.8 Å². The number of imide groups is 1. The smallest absolute Gasteiger partial charge is 0.277 e. The molecule has 0 bridgehead atoms. The van der Waals surface area contributed by atoms with Crippen LogP contribution in [0, 0.1) is 0 Å². The summed E-state index contributed by atoms with van der Waals surface area (Å²) in [5, 5.41) is 0.578. The summed E-state index contributed by atoms with van der Waals surface area (Å²) in [5.41, 5.74) is 2.59. The lowest BCUT2D eigenvalue weighted by Crippen LogP contribution is -2.48. The molecule has 168 valence electrons. The Morgan fingerprint density at radius 2 is 1.53 bits per heavy atom. The Labute approximate surface area is 192 Å². The van der Waals surface area contributed by atoms with Gasteiger partial charge in [-0.05, 0) is 29.8 Å². The predicted octanol–water partition coefficient (Wildman–Crippen LogP) is 2.90. The minimum atomic E-state index is -0.295. The number of nitrogens with zero attached hydrogens (tertiary/aromatic N) is 3. The molecule has 32 heavy (non-hydrogen) atoms. The highest BCUT2D eigenvalue weighted by Gasteiger charge is 2.42. The monoisotopic (exact) mass is 455 g/mol. The molecule has 8 heteroatoms. The summed E-state index contributed by atoms with van der Waals surface area (Å²) in [4.78, 5) is 32.1. The number of rotatable bonds is 7. The average Bonchev–Trinajstić information content (AvgIpc) is 3.07. The first-order chi connectivity index (χ1) is 15.5. The number of para-hydroxylation sites is 2. The van der Waals surface area contributed by atoms with Crippen molar-refractivity contribution >= 4 is 34.7 Å². The lowest BCUT2D eigenvalue weighted by atomic mass is 10.0. The molecule has 4 rings (SSSR count). The number of methoxy groups -OCH3 is 2. The van der Waals surface area contributed by atoms with Crippen molar-refractivity contribution in [3.63, 3.8) is 0 Å². The molecule has 7 nitrogen and oxygen atoms in total. The maximum absolute atomic E-state index is 13.3. The SMILES string of the molecule is COCCN1C(=O)C(c2ccc(Cl)cc2)=C(N2CCN(c3ccccc3OC)CC2)C1=O. The number of anilines is 1. The molecule has 0 atom stereocenters. The van der Waals surface area contributed by atoms with E-state index >= 15 is 0 Å². The van der Waals surface area contributed by atoms with Crippen molar-refractivity contribution in [1.29, 1.82) is 0 Å². The molecule has 2 aromatic rings. The van der Waals surface area contributed by atoms with Gasteiger partial charge in [-0.3, -0.25) is 14.5 Å². The molecule has 2 aliphatic heterocycles. The van der Waals surface area contributed by atoms with Crippen LogP contribution in [0.2, 0.25) is 5.02 Å². The third-order valence-electron chi connectivity index (χ3n) is 5.82. The van der Waals surface area contributed by atoms with Gasteiger partial charge in [0.05, 0.1) is 31.5 Å². The van der Waals surface area contributed by atoms with E-state index in [-0.39, 0.29) is 18.4 Å². The maximum Gasteiger partial charge on any atom is 0.277 e. The number of carbonyl (C=O) groups excluding carboxylic acids is 2. The number of hydrogen-bond acceptors (Lipinski definition) is 6. The number of carbonyl (C=O) groups is 2. The number of ether oxygens (including phenoxy) is 2. The van der Waals surface area contributed by atoms with Crippen LogP contribution in [0.25, 0.3) is 5.57 Å².